The Morgan fingerprint density at radius 2 is 1.79 bits per heavy atom. The van der Waals surface area contributed by atoms with Gasteiger partial charge in [0.15, 0.2) is 0 Å². The molecule has 2 aromatic heterocycles. The highest BCUT2D eigenvalue weighted by molar-refractivity contribution is 7.15. The first kappa shape index (κ1) is 18.5. The first-order chi connectivity index (χ1) is 13.7. The molecule has 0 bridgehead atoms. The molecular weight excluding hydrogens is 362 g/mol. The molecule has 2 heterocycles. The summed E-state index contributed by atoms with van der Waals surface area (Å²) >= 11 is 1.70. The summed E-state index contributed by atoms with van der Waals surface area (Å²) in [4.78, 5) is 7.18. The number of nitrogens with one attached hydrogen (secondary N) is 1. The molecule has 0 amide bonds. The van der Waals surface area contributed by atoms with Crippen LogP contribution in [0.1, 0.15) is 18.2 Å². The Kier molecular flexibility index (Phi) is 5.33. The number of hydrogen-bond donors (Lipinski definition) is 2. The Morgan fingerprint density at radius 3 is 2.57 bits per heavy atom. The molecule has 140 valence electrons. The Bertz CT molecular complexity index is 1120. The Balaban J connectivity index is 1.75. The maximum absolute atomic E-state index is 8.17. The highest BCUT2D eigenvalue weighted by atomic mass is 32.1. The summed E-state index contributed by atoms with van der Waals surface area (Å²) < 4.78 is 0. The van der Waals surface area contributed by atoms with Crippen molar-refractivity contribution in [2.45, 2.75) is 25.8 Å². The molecule has 4 heteroatoms. The zero-order chi connectivity index (χ0) is 19.5. The van der Waals surface area contributed by atoms with Crippen LogP contribution in [0.25, 0.3) is 32.6 Å². The van der Waals surface area contributed by atoms with E-state index in [0.717, 1.165) is 32.8 Å². The highest BCUT2D eigenvalue weighted by Crippen LogP contribution is 2.34. The normalized spacial score (nSPS) is 12.2. The summed E-state index contributed by atoms with van der Waals surface area (Å²) in [6.45, 7) is 2.02. The number of pyridine rings is 1. The molecule has 0 fully saturated rings. The third kappa shape index (κ3) is 3.75. The number of nitrogens with zero attached hydrogens (tertiary/aromatic N) is 1. The molecule has 3 N–H and O–H groups in total. The first-order valence-electron chi connectivity index (χ1n) is 9.53. The monoisotopic (exact) mass is 385 g/mol. The van der Waals surface area contributed by atoms with Gasteiger partial charge in [-0.15, -0.1) is 11.3 Å². The third-order valence-electron chi connectivity index (χ3n) is 4.97. The molecular formula is C24H23N3S. The van der Waals surface area contributed by atoms with Crippen molar-refractivity contribution in [2.75, 3.05) is 0 Å². The fraction of sp³-hybridized carbons (Fsp3) is 0.167. The Labute approximate surface area is 169 Å². The number of thiophene rings is 1. The molecule has 4 aromatic rings. The van der Waals surface area contributed by atoms with Crippen LogP contribution in [0.5, 0.6) is 0 Å². The van der Waals surface area contributed by atoms with E-state index in [9.17, 15) is 0 Å². The van der Waals surface area contributed by atoms with Crippen LogP contribution in [0.2, 0.25) is 0 Å². The van der Waals surface area contributed by atoms with E-state index in [-0.39, 0.29) is 6.04 Å². The van der Waals surface area contributed by atoms with Crippen molar-refractivity contribution < 1.29 is 0 Å². The second-order valence-corrected chi connectivity index (χ2v) is 8.09. The van der Waals surface area contributed by atoms with Gasteiger partial charge in [-0.2, -0.15) is 0 Å². The summed E-state index contributed by atoms with van der Waals surface area (Å²) in [5.74, 6) is 0. The van der Waals surface area contributed by atoms with Gasteiger partial charge < -0.3 is 11.1 Å². The van der Waals surface area contributed by atoms with Crippen LogP contribution >= 0.6 is 11.3 Å². The molecule has 3 nitrogen and oxygen atoms in total. The van der Waals surface area contributed by atoms with Gasteiger partial charge in [0.05, 0.1) is 16.1 Å². The number of rotatable bonds is 6. The molecule has 28 heavy (non-hydrogen) atoms. The minimum absolute atomic E-state index is 0.158. The number of hydrogen-bond acceptors (Lipinski definition) is 4. The van der Waals surface area contributed by atoms with Crippen LogP contribution in [-0.2, 0) is 6.42 Å². The van der Waals surface area contributed by atoms with Gasteiger partial charge in [0, 0.05) is 28.4 Å². The van der Waals surface area contributed by atoms with Crippen molar-refractivity contribution in [1.82, 2.24) is 4.98 Å². The molecule has 0 aliphatic carbocycles. The molecule has 2 aromatic carbocycles. The number of benzene rings is 2. The summed E-state index contributed by atoms with van der Waals surface area (Å²) in [5, 5.41) is 9.32. The van der Waals surface area contributed by atoms with E-state index in [2.05, 4.69) is 60.7 Å². The third-order valence-corrected chi connectivity index (χ3v) is 6.07. The van der Waals surface area contributed by atoms with Crippen LogP contribution in [0.15, 0.2) is 72.8 Å². The van der Waals surface area contributed by atoms with Gasteiger partial charge in [-0.3, -0.25) is 0 Å². The lowest BCUT2D eigenvalue weighted by atomic mass is 10.00. The topological polar surface area (TPSA) is 62.8 Å². The summed E-state index contributed by atoms with van der Waals surface area (Å²) in [6, 6.07) is 24.9. The second kappa shape index (κ2) is 8.05. The van der Waals surface area contributed by atoms with Crippen LogP contribution in [-0.4, -0.2) is 16.7 Å². The maximum atomic E-state index is 8.17. The van der Waals surface area contributed by atoms with E-state index in [1.165, 1.54) is 11.1 Å². The Morgan fingerprint density at radius 1 is 1.04 bits per heavy atom. The zero-order valence-corrected chi connectivity index (χ0v) is 16.7. The number of aromatic nitrogens is 1. The van der Waals surface area contributed by atoms with Gasteiger partial charge >= 0.3 is 0 Å². The molecule has 0 aliphatic rings. The average Bonchev–Trinajstić information content (AvgIpc) is 3.21. The molecule has 0 saturated carbocycles. The van der Waals surface area contributed by atoms with Crippen molar-refractivity contribution in [1.29, 1.82) is 5.41 Å². The molecule has 0 aliphatic heterocycles. The first-order valence-corrected chi connectivity index (χ1v) is 10.3. The zero-order valence-electron chi connectivity index (χ0n) is 15.9. The van der Waals surface area contributed by atoms with Crippen molar-refractivity contribution in [2.24, 2.45) is 5.73 Å². The number of para-hydroxylation sites is 1. The quantitative estimate of drug-likeness (QED) is 0.404. The Hall–Kier alpha value is -2.82. The van der Waals surface area contributed by atoms with E-state index in [1.54, 1.807) is 11.3 Å². The molecule has 1 unspecified atom stereocenters. The van der Waals surface area contributed by atoms with Gasteiger partial charge in [-0.25, -0.2) is 4.98 Å². The summed E-state index contributed by atoms with van der Waals surface area (Å²) in [7, 11) is 0. The smallest absolute Gasteiger partial charge is 0.0815 e. The van der Waals surface area contributed by atoms with Gasteiger partial charge in [-0.1, -0.05) is 55.5 Å². The van der Waals surface area contributed by atoms with Crippen LogP contribution in [0.4, 0.5) is 0 Å². The minimum Gasteiger partial charge on any atom is -0.323 e. The van der Waals surface area contributed by atoms with Gasteiger partial charge in [-0.05, 0) is 41.8 Å². The summed E-state index contributed by atoms with van der Waals surface area (Å²) in [6.07, 6.45) is 1.41. The van der Waals surface area contributed by atoms with E-state index in [4.69, 9.17) is 16.1 Å². The van der Waals surface area contributed by atoms with E-state index in [0.29, 0.717) is 12.1 Å². The second-order valence-electron chi connectivity index (χ2n) is 6.92. The minimum atomic E-state index is -0.158. The fourth-order valence-corrected chi connectivity index (χ4v) is 4.33. The maximum Gasteiger partial charge on any atom is 0.0815 e. The fourth-order valence-electron chi connectivity index (χ4n) is 3.33. The van der Waals surface area contributed by atoms with Crippen LogP contribution < -0.4 is 5.73 Å². The van der Waals surface area contributed by atoms with Crippen molar-refractivity contribution in [3.63, 3.8) is 0 Å². The predicted octanol–water partition coefficient (Wildman–Crippen LogP) is 5.93. The van der Waals surface area contributed by atoms with Crippen molar-refractivity contribution >= 4 is 28.0 Å². The van der Waals surface area contributed by atoms with E-state index in [1.807, 2.05) is 19.1 Å². The lowest BCUT2D eigenvalue weighted by molar-refractivity contribution is 0.802. The molecule has 4 rings (SSSR count). The lowest BCUT2D eigenvalue weighted by Crippen LogP contribution is -2.30. The molecule has 0 radical (unpaired) electrons. The average molecular weight is 386 g/mol. The van der Waals surface area contributed by atoms with Crippen molar-refractivity contribution in [3.8, 4) is 21.7 Å². The predicted molar refractivity (Wildman–Crippen MR) is 120 cm³/mol. The van der Waals surface area contributed by atoms with Gasteiger partial charge in [0.2, 0.25) is 0 Å². The van der Waals surface area contributed by atoms with Crippen LogP contribution in [0, 0.1) is 5.41 Å². The van der Waals surface area contributed by atoms with Crippen LogP contribution in [0.3, 0.4) is 0 Å². The SMILES string of the molecule is CCC(N)C(=N)Cc1ccc(-c2cc(-c3ccccc3)c3ccccc3n2)s1. The molecule has 1 atom stereocenters. The van der Waals surface area contributed by atoms with E-state index < -0.39 is 0 Å². The van der Waals surface area contributed by atoms with Gasteiger partial charge in [0.1, 0.15) is 0 Å². The lowest BCUT2D eigenvalue weighted by Gasteiger charge is -2.10. The standard InChI is InChI=1S/C24H23N3S/c1-2-20(25)21(26)14-17-12-13-24(28-17)23-15-19(16-8-4-3-5-9-16)18-10-6-7-11-22(18)27-23/h3-13,15,20,26H,2,14,25H2,1H3. The molecule has 0 saturated heterocycles. The van der Waals surface area contributed by atoms with Gasteiger partial charge in [0.25, 0.3) is 0 Å². The number of nitrogens with two attached hydrogens (primary N) is 1. The number of fused-ring (bicyclic) bond motifs is 1. The highest BCUT2D eigenvalue weighted by Gasteiger charge is 2.13. The van der Waals surface area contributed by atoms with Crippen molar-refractivity contribution in [3.05, 3.63) is 77.7 Å². The van der Waals surface area contributed by atoms with E-state index >= 15 is 0 Å². The molecule has 0 spiro atoms. The summed E-state index contributed by atoms with van der Waals surface area (Å²) in [5.41, 5.74) is 10.9. The largest absolute Gasteiger partial charge is 0.323 e.